The molecule has 3 rings (SSSR count). The molecule has 2 aliphatic rings. The lowest BCUT2D eigenvalue weighted by Gasteiger charge is -2.39. The van der Waals surface area contributed by atoms with E-state index < -0.39 is 0 Å². The van der Waals surface area contributed by atoms with E-state index in [1.54, 1.807) is 0 Å². The average molecular weight is 280 g/mol. The monoisotopic (exact) mass is 279 g/mol. The average Bonchev–Trinajstić information content (AvgIpc) is 2.49. The Balaban J connectivity index is 1.78. The number of hydrogen-bond acceptors (Lipinski definition) is 2. The van der Waals surface area contributed by atoms with E-state index in [2.05, 4.69) is 17.4 Å². The van der Waals surface area contributed by atoms with Crippen molar-refractivity contribution in [2.45, 2.75) is 25.2 Å². The van der Waals surface area contributed by atoms with Gasteiger partial charge < -0.3 is 10.1 Å². The Morgan fingerprint density at radius 2 is 1.79 bits per heavy atom. The van der Waals surface area contributed by atoms with Gasteiger partial charge in [-0.25, -0.2) is 0 Å². The van der Waals surface area contributed by atoms with Gasteiger partial charge >= 0.3 is 0 Å². The smallest absolute Gasteiger partial charge is 0.0468 e. The maximum absolute atomic E-state index is 6.00. The van der Waals surface area contributed by atoms with Crippen molar-refractivity contribution in [3.05, 3.63) is 34.9 Å². The van der Waals surface area contributed by atoms with E-state index >= 15 is 0 Å². The van der Waals surface area contributed by atoms with Crippen molar-refractivity contribution in [3.63, 3.8) is 0 Å². The van der Waals surface area contributed by atoms with E-state index in [4.69, 9.17) is 16.3 Å². The molecule has 0 bridgehead atoms. The van der Waals surface area contributed by atoms with Crippen LogP contribution < -0.4 is 5.32 Å². The van der Waals surface area contributed by atoms with Gasteiger partial charge in [-0.3, -0.25) is 0 Å². The Morgan fingerprint density at radius 3 is 2.53 bits per heavy atom. The summed E-state index contributed by atoms with van der Waals surface area (Å²) in [6.07, 6.45) is 3.75. The Bertz CT molecular complexity index is 400. The fourth-order valence-corrected chi connectivity index (χ4v) is 3.79. The fourth-order valence-electron chi connectivity index (χ4n) is 3.66. The van der Waals surface area contributed by atoms with Crippen LogP contribution in [-0.2, 0) is 4.74 Å². The van der Waals surface area contributed by atoms with Gasteiger partial charge in [0.1, 0.15) is 0 Å². The molecule has 0 radical (unpaired) electrons. The first-order valence-electron chi connectivity index (χ1n) is 7.38. The molecular weight excluding hydrogens is 258 g/mol. The minimum absolute atomic E-state index is 0.633. The molecule has 1 aromatic rings. The van der Waals surface area contributed by atoms with Gasteiger partial charge in [0.05, 0.1) is 0 Å². The SMILES string of the molecule is Clc1ccc(C2CNCCC2C2CCOCC2)cc1. The Morgan fingerprint density at radius 1 is 1.05 bits per heavy atom. The van der Waals surface area contributed by atoms with E-state index in [0.29, 0.717) is 5.92 Å². The normalized spacial score (nSPS) is 29.3. The third kappa shape index (κ3) is 3.13. The highest BCUT2D eigenvalue weighted by molar-refractivity contribution is 6.30. The third-order valence-corrected chi connectivity index (χ3v) is 4.96. The molecule has 1 aromatic carbocycles. The molecule has 2 nitrogen and oxygen atoms in total. The summed E-state index contributed by atoms with van der Waals surface area (Å²) in [5, 5.41) is 4.38. The standard InChI is InChI=1S/C16H22ClNO/c17-14-3-1-12(2-4-14)16-11-18-8-5-15(16)13-6-9-19-10-7-13/h1-4,13,15-16,18H,5-11H2. The van der Waals surface area contributed by atoms with Gasteiger partial charge in [-0.1, -0.05) is 23.7 Å². The van der Waals surface area contributed by atoms with Crippen molar-refractivity contribution < 1.29 is 4.74 Å². The van der Waals surface area contributed by atoms with Crippen LogP contribution in [0.3, 0.4) is 0 Å². The van der Waals surface area contributed by atoms with Crippen LogP contribution in [-0.4, -0.2) is 26.3 Å². The van der Waals surface area contributed by atoms with Gasteiger partial charge in [-0.05, 0) is 61.3 Å². The zero-order valence-electron chi connectivity index (χ0n) is 11.3. The number of nitrogens with one attached hydrogen (secondary N) is 1. The van der Waals surface area contributed by atoms with Crippen LogP contribution in [0.4, 0.5) is 0 Å². The zero-order chi connectivity index (χ0) is 13.1. The van der Waals surface area contributed by atoms with Gasteiger partial charge in [0, 0.05) is 24.8 Å². The molecule has 2 saturated heterocycles. The molecule has 1 N–H and O–H groups in total. The summed E-state index contributed by atoms with van der Waals surface area (Å²) in [5.74, 6) is 2.26. The molecule has 0 spiro atoms. The van der Waals surface area contributed by atoms with Crippen molar-refractivity contribution in [1.29, 1.82) is 0 Å². The molecule has 3 heteroatoms. The third-order valence-electron chi connectivity index (χ3n) is 4.71. The van der Waals surface area contributed by atoms with E-state index in [-0.39, 0.29) is 0 Å². The summed E-state index contributed by atoms with van der Waals surface area (Å²) in [6.45, 7) is 4.15. The number of rotatable bonds is 2. The maximum atomic E-state index is 6.00. The van der Waals surface area contributed by atoms with Crippen LogP contribution >= 0.6 is 11.6 Å². The summed E-state index contributed by atoms with van der Waals surface area (Å²) >= 11 is 6.00. The van der Waals surface area contributed by atoms with Crippen LogP contribution in [0.25, 0.3) is 0 Å². The molecule has 2 atom stereocenters. The lowest BCUT2D eigenvalue weighted by molar-refractivity contribution is 0.0356. The predicted octanol–water partition coefficient (Wildman–Crippen LogP) is 3.46. The molecule has 0 saturated carbocycles. The van der Waals surface area contributed by atoms with Crippen LogP contribution in [0.15, 0.2) is 24.3 Å². The van der Waals surface area contributed by atoms with Crippen molar-refractivity contribution in [3.8, 4) is 0 Å². The largest absolute Gasteiger partial charge is 0.381 e. The number of halogens is 1. The highest BCUT2D eigenvalue weighted by atomic mass is 35.5. The first-order valence-corrected chi connectivity index (χ1v) is 7.76. The van der Waals surface area contributed by atoms with Gasteiger partial charge in [0.2, 0.25) is 0 Å². The molecule has 104 valence electrons. The van der Waals surface area contributed by atoms with Crippen LogP contribution in [0.1, 0.15) is 30.7 Å². The Hall–Kier alpha value is -0.570. The molecule has 2 aliphatic heterocycles. The van der Waals surface area contributed by atoms with Crippen molar-refractivity contribution in [1.82, 2.24) is 5.32 Å². The zero-order valence-corrected chi connectivity index (χ0v) is 12.0. The van der Waals surface area contributed by atoms with Crippen LogP contribution in [0.5, 0.6) is 0 Å². The Kier molecular flexibility index (Phi) is 4.42. The Labute approximate surface area is 120 Å². The van der Waals surface area contributed by atoms with Gasteiger partial charge in [0.15, 0.2) is 0 Å². The second-order valence-electron chi connectivity index (χ2n) is 5.76. The van der Waals surface area contributed by atoms with Crippen molar-refractivity contribution in [2.75, 3.05) is 26.3 Å². The van der Waals surface area contributed by atoms with E-state index in [1.165, 1.54) is 24.8 Å². The molecular formula is C16H22ClNO. The molecule has 19 heavy (non-hydrogen) atoms. The number of hydrogen-bond donors (Lipinski definition) is 1. The topological polar surface area (TPSA) is 21.3 Å². The maximum Gasteiger partial charge on any atom is 0.0468 e. The summed E-state index contributed by atoms with van der Waals surface area (Å²) in [6, 6.07) is 8.44. The minimum Gasteiger partial charge on any atom is -0.381 e. The summed E-state index contributed by atoms with van der Waals surface area (Å²) in [5.41, 5.74) is 1.44. The molecule has 0 aromatic heterocycles. The highest BCUT2D eigenvalue weighted by Gasteiger charge is 2.33. The quantitative estimate of drug-likeness (QED) is 0.895. The van der Waals surface area contributed by atoms with Gasteiger partial charge in [-0.15, -0.1) is 0 Å². The summed E-state index contributed by atoms with van der Waals surface area (Å²) in [4.78, 5) is 0. The summed E-state index contributed by atoms with van der Waals surface area (Å²) < 4.78 is 5.51. The molecule has 2 unspecified atom stereocenters. The van der Waals surface area contributed by atoms with Crippen LogP contribution in [0.2, 0.25) is 5.02 Å². The lowest BCUT2D eigenvalue weighted by Crippen LogP contribution is -2.40. The van der Waals surface area contributed by atoms with E-state index in [9.17, 15) is 0 Å². The fraction of sp³-hybridized carbons (Fsp3) is 0.625. The molecule has 0 aliphatic carbocycles. The van der Waals surface area contributed by atoms with E-state index in [1.807, 2.05) is 12.1 Å². The van der Waals surface area contributed by atoms with Crippen molar-refractivity contribution in [2.24, 2.45) is 11.8 Å². The van der Waals surface area contributed by atoms with Gasteiger partial charge in [0.25, 0.3) is 0 Å². The second-order valence-corrected chi connectivity index (χ2v) is 6.20. The number of benzene rings is 1. The number of piperidine rings is 1. The molecule has 2 heterocycles. The van der Waals surface area contributed by atoms with Crippen molar-refractivity contribution >= 4 is 11.6 Å². The first-order chi connectivity index (χ1) is 9.34. The second kappa shape index (κ2) is 6.25. The highest BCUT2D eigenvalue weighted by Crippen LogP contribution is 2.39. The number of ether oxygens (including phenoxy) is 1. The van der Waals surface area contributed by atoms with E-state index in [0.717, 1.165) is 43.2 Å². The van der Waals surface area contributed by atoms with Gasteiger partial charge in [-0.2, -0.15) is 0 Å². The molecule has 2 fully saturated rings. The summed E-state index contributed by atoms with van der Waals surface area (Å²) in [7, 11) is 0. The first kappa shape index (κ1) is 13.4. The minimum atomic E-state index is 0.633. The predicted molar refractivity (Wildman–Crippen MR) is 78.7 cm³/mol. The van der Waals surface area contributed by atoms with Crippen LogP contribution in [0, 0.1) is 11.8 Å². The molecule has 0 amide bonds. The lowest BCUT2D eigenvalue weighted by atomic mass is 9.71.